The van der Waals surface area contributed by atoms with E-state index in [-0.39, 0.29) is 31.1 Å². The molecule has 0 aliphatic carbocycles. The minimum Gasteiger partial charge on any atom is -0.484 e. The molecular weight excluding hydrogens is 668 g/mol. The number of ether oxygens (including phenoxy) is 1. The fraction of sp³-hybridized carbons (Fsp3) is 0.306. The number of thioether (sulfide) groups is 1. The fourth-order valence-electron chi connectivity index (χ4n) is 5.60. The number of halogens is 1. The average Bonchev–Trinajstić information content (AvgIpc) is 3.60. The Hall–Kier alpha value is -4.81. The van der Waals surface area contributed by atoms with Gasteiger partial charge in [-0.05, 0) is 59.2 Å². The van der Waals surface area contributed by atoms with Gasteiger partial charge in [-0.2, -0.15) is 0 Å². The van der Waals surface area contributed by atoms with Gasteiger partial charge in [0, 0.05) is 29.5 Å². The van der Waals surface area contributed by atoms with Gasteiger partial charge in [-0.15, -0.1) is 11.8 Å². The summed E-state index contributed by atoms with van der Waals surface area (Å²) in [4.78, 5) is 67.1. The smallest absolute Gasteiger partial charge is 0.326 e. The maximum atomic E-state index is 14.1. The highest BCUT2D eigenvalue weighted by Gasteiger charge is 2.33. The maximum absolute atomic E-state index is 14.1. The number of carboxylic acids is 1. The molecule has 13 heteroatoms. The van der Waals surface area contributed by atoms with Gasteiger partial charge in [0.1, 0.15) is 29.9 Å². The topological polar surface area (TPSA) is 163 Å². The molecule has 2 bridgehead atoms. The summed E-state index contributed by atoms with van der Waals surface area (Å²) in [5, 5.41) is 23.4. The Balaban J connectivity index is 1.49. The van der Waals surface area contributed by atoms with Gasteiger partial charge in [-0.1, -0.05) is 72.3 Å². The van der Waals surface area contributed by atoms with Crippen LogP contribution in [0.3, 0.4) is 0 Å². The van der Waals surface area contributed by atoms with Crippen molar-refractivity contribution in [3.63, 3.8) is 0 Å². The van der Waals surface area contributed by atoms with Crippen LogP contribution in [0.25, 0.3) is 0 Å². The summed E-state index contributed by atoms with van der Waals surface area (Å²) >= 11 is 7.79. The first kappa shape index (κ1) is 35.5. The van der Waals surface area contributed by atoms with Crippen LogP contribution in [0.4, 0.5) is 0 Å². The molecule has 6 rings (SSSR count). The van der Waals surface area contributed by atoms with Gasteiger partial charge >= 0.3 is 5.97 Å². The van der Waals surface area contributed by atoms with Gasteiger partial charge in [0.25, 0.3) is 5.91 Å². The fourth-order valence-corrected chi connectivity index (χ4v) is 6.79. The highest BCUT2D eigenvalue weighted by molar-refractivity contribution is 8.03. The molecule has 4 amide bonds. The number of fused-ring (bicyclic) bond motifs is 16. The van der Waals surface area contributed by atoms with E-state index in [4.69, 9.17) is 16.3 Å². The predicted octanol–water partition coefficient (Wildman–Crippen LogP) is 3.19. The van der Waals surface area contributed by atoms with Crippen molar-refractivity contribution in [1.29, 1.82) is 0 Å². The van der Waals surface area contributed by atoms with Crippen LogP contribution in [-0.4, -0.2) is 70.7 Å². The van der Waals surface area contributed by atoms with Gasteiger partial charge in [-0.25, -0.2) is 4.79 Å². The molecule has 5 N–H and O–H groups in total. The summed E-state index contributed by atoms with van der Waals surface area (Å²) in [6.45, 7) is -0.374. The number of carboxylic acid groups (broad SMARTS) is 1. The number of hydrogen-bond donors (Lipinski definition) is 5. The van der Waals surface area contributed by atoms with Crippen molar-refractivity contribution in [1.82, 2.24) is 21.3 Å². The normalized spacial score (nSPS) is 23.6. The second kappa shape index (κ2) is 17.0. The Morgan fingerprint density at radius 3 is 2.10 bits per heavy atom. The number of nitrogens with one attached hydrogen (secondary N) is 4. The molecule has 3 aromatic carbocycles. The molecule has 0 aromatic heterocycles. The van der Waals surface area contributed by atoms with E-state index in [2.05, 4.69) is 21.3 Å². The van der Waals surface area contributed by atoms with Gasteiger partial charge in [0.15, 0.2) is 6.61 Å². The monoisotopic (exact) mass is 704 g/mol. The Kier molecular flexibility index (Phi) is 12.3. The van der Waals surface area contributed by atoms with Crippen molar-refractivity contribution < 1.29 is 33.8 Å². The number of allylic oxidation sites excluding steroid dienone is 1. The number of rotatable bonds is 7. The molecule has 3 aliphatic heterocycles. The van der Waals surface area contributed by atoms with Gasteiger partial charge in [0.2, 0.25) is 17.7 Å². The molecule has 11 nitrogen and oxygen atoms in total. The highest BCUT2D eigenvalue weighted by Crippen LogP contribution is 2.28. The number of carbonyl (C=O) groups is 5. The lowest BCUT2D eigenvalue weighted by Gasteiger charge is -2.27. The van der Waals surface area contributed by atoms with Gasteiger partial charge in [-0.3, -0.25) is 19.2 Å². The number of amides is 4. The second-order valence-electron chi connectivity index (χ2n) is 11.9. The highest BCUT2D eigenvalue weighted by atomic mass is 35.5. The Morgan fingerprint density at radius 2 is 1.45 bits per heavy atom. The summed E-state index contributed by atoms with van der Waals surface area (Å²) in [7, 11) is 0. The largest absolute Gasteiger partial charge is 0.484 e. The lowest BCUT2D eigenvalue weighted by molar-refractivity contribution is -0.142. The van der Waals surface area contributed by atoms with Gasteiger partial charge in [0.05, 0.1) is 0 Å². The zero-order valence-corrected chi connectivity index (χ0v) is 28.0. The van der Waals surface area contributed by atoms with Crippen LogP contribution in [0, 0.1) is 0 Å². The van der Waals surface area contributed by atoms with Crippen molar-refractivity contribution in [2.24, 2.45) is 0 Å². The number of carbonyl (C=O) groups excluding carboxylic acids is 4. The van der Waals surface area contributed by atoms with Crippen LogP contribution < -0.4 is 26.0 Å². The number of hydrogen-bond acceptors (Lipinski definition) is 7. The molecule has 5 atom stereocenters. The van der Waals surface area contributed by atoms with Crippen molar-refractivity contribution in [3.8, 4) is 5.75 Å². The maximum Gasteiger partial charge on any atom is 0.326 e. The summed E-state index contributed by atoms with van der Waals surface area (Å²) in [6.07, 6.45) is 3.04. The summed E-state index contributed by atoms with van der Waals surface area (Å²) in [6, 6.07) is 17.6. The molecule has 3 aromatic rings. The number of benzene rings is 3. The Labute approximate surface area is 293 Å². The molecule has 0 spiro atoms. The summed E-state index contributed by atoms with van der Waals surface area (Å²) in [5.41, 5.74) is 1.98. The van der Waals surface area contributed by atoms with E-state index < -0.39 is 53.8 Å². The zero-order valence-electron chi connectivity index (χ0n) is 26.5. The molecule has 1 unspecified atom stereocenters. The summed E-state index contributed by atoms with van der Waals surface area (Å²) in [5.74, 6) is -3.38. The van der Waals surface area contributed by atoms with Crippen LogP contribution in [0.5, 0.6) is 5.75 Å². The SMILES string of the molecule is O=C1COc2ccc(cc2)C[C@@H](C(=O)O)NC(=O)[C@H](Cc2ccccc2)NC(=O)[C@@H](Cc2cccc(Cl)c2)NC(=O)[C@H](CC2CC=CS2)N1. The van der Waals surface area contributed by atoms with Crippen LogP contribution in [-0.2, 0) is 43.2 Å². The van der Waals surface area contributed by atoms with Crippen molar-refractivity contribution >= 4 is 53.0 Å². The van der Waals surface area contributed by atoms with E-state index in [9.17, 15) is 29.1 Å². The van der Waals surface area contributed by atoms with Crippen molar-refractivity contribution in [2.75, 3.05) is 6.61 Å². The van der Waals surface area contributed by atoms with Crippen LogP contribution >= 0.6 is 23.4 Å². The summed E-state index contributed by atoms with van der Waals surface area (Å²) < 4.78 is 5.66. The lowest BCUT2D eigenvalue weighted by atomic mass is 10.0. The molecule has 0 saturated heterocycles. The molecule has 0 radical (unpaired) electrons. The first-order valence-electron chi connectivity index (χ1n) is 15.9. The second-order valence-corrected chi connectivity index (χ2v) is 13.6. The minimum absolute atomic E-state index is 0.0209. The first-order chi connectivity index (χ1) is 23.6. The molecule has 3 aliphatic rings. The van der Waals surface area contributed by atoms with E-state index in [1.54, 1.807) is 84.6 Å². The first-order valence-corrected chi connectivity index (χ1v) is 17.2. The molecular formula is C36H37ClN4O7S. The minimum atomic E-state index is -1.31. The van der Waals surface area contributed by atoms with Crippen molar-refractivity contribution in [3.05, 3.63) is 112 Å². The van der Waals surface area contributed by atoms with Crippen LogP contribution in [0.15, 0.2) is 90.3 Å². The molecule has 256 valence electrons. The average molecular weight is 705 g/mol. The van der Waals surface area contributed by atoms with E-state index in [0.29, 0.717) is 34.7 Å². The van der Waals surface area contributed by atoms with Gasteiger partial charge < -0.3 is 31.1 Å². The van der Waals surface area contributed by atoms with E-state index in [1.807, 2.05) is 17.6 Å². The van der Waals surface area contributed by atoms with E-state index in [1.165, 1.54) is 0 Å². The third-order valence-electron chi connectivity index (χ3n) is 8.14. The van der Waals surface area contributed by atoms with Crippen LogP contribution in [0.1, 0.15) is 29.5 Å². The van der Waals surface area contributed by atoms with Crippen molar-refractivity contribution in [2.45, 2.75) is 61.5 Å². The molecule has 3 heterocycles. The number of aliphatic carboxylic acids is 1. The standard InChI is InChI=1S/C36H37ClN4O7S/c37-25-9-4-8-24(16-25)19-29-33(43)39-28(17-22-6-2-1-3-7-22)34(44)41-31(36(46)47)18-23-11-13-26(14-12-23)48-21-32(42)38-30(35(45)40-29)20-27-10-5-15-49-27/h1-9,11-16,27-31H,10,17-21H2,(H,38,42)(H,39,43)(H,40,45)(H,41,44)(H,46,47)/t27?,28-,29+,30-,31-/m0/s1. The van der Waals surface area contributed by atoms with E-state index in [0.717, 1.165) is 5.56 Å². The Morgan fingerprint density at radius 1 is 0.796 bits per heavy atom. The third kappa shape index (κ3) is 10.6. The Bertz CT molecular complexity index is 1680. The quantitative estimate of drug-likeness (QED) is 0.234. The molecule has 49 heavy (non-hydrogen) atoms. The third-order valence-corrected chi connectivity index (χ3v) is 9.50. The van der Waals surface area contributed by atoms with Crippen LogP contribution in [0.2, 0.25) is 5.02 Å². The molecule has 0 fully saturated rings. The van der Waals surface area contributed by atoms with E-state index >= 15 is 0 Å². The lowest BCUT2D eigenvalue weighted by Crippen LogP contribution is -2.59. The zero-order chi connectivity index (χ0) is 34.8. The molecule has 0 saturated carbocycles. The predicted molar refractivity (Wildman–Crippen MR) is 186 cm³/mol.